The molecule has 1 fully saturated rings. The summed E-state index contributed by atoms with van der Waals surface area (Å²) in [4.78, 5) is 24.8. The van der Waals surface area contributed by atoms with E-state index in [-0.39, 0.29) is 24.5 Å². The van der Waals surface area contributed by atoms with E-state index in [0.717, 1.165) is 12.8 Å². The highest BCUT2D eigenvalue weighted by Gasteiger charge is 2.34. The molecule has 2 N–H and O–H groups in total. The summed E-state index contributed by atoms with van der Waals surface area (Å²) in [5.74, 6) is -1.51. The Kier molecular flexibility index (Phi) is 5.13. The first kappa shape index (κ1) is 16.4. The van der Waals surface area contributed by atoms with Gasteiger partial charge in [0, 0.05) is 17.6 Å². The molecule has 0 unspecified atom stereocenters. The molecule has 1 saturated carbocycles. The van der Waals surface area contributed by atoms with E-state index in [2.05, 4.69) is 5.32 Å². The molecule has 5 nitrogen and oxygen atoms in total. The van der Waals surface area contributed by atoms with Crippen molar-refractivity contribution in [3.8, 4) is 0 Å². The Morgan fingerprint density at radius 1 is 1.41 bits per heavy atom. The predicted octanol–water partition coefficient (Wildman–Crippen LogP) is 1.80. The molecule has 2 rings (SSSR count). The van der Waals surface area contributed by atoms with Crippen LogP contribution in [0.4, 0.5) is 4.39 Å². The monoisotopic (exact) mass is 308 g/mol. The van der Waals surface area contributed by atoms with E-state index in [4.69, 9.17) is 5.11 Å². The molecule has 22 heavy (non-hydrogen) atoms. The maximum absolute atomic E-state index is 13.5. The molecular weight excluding hydrogens is 287 g/mol. The zero-order valence-electron chi connectivity index (χ0n) is 12.8. The van der Waals surface area contributed by atoms with Crippen molar-refractivity contribution in [2.24, 2.45) is 0 Å². The number of halogens is 1. The lowest BCUT2D eigenvalue weighted by Crippen LogP contribution is -2.54. The van der Waals surface area contributed by atoms with Gasteiger partial charge in [0.25, 0.3) is 5.91 Å². The fourth-order valence-corrected chi connectivity index (χ4v) is 2.79. The van der Waals surface area contributed by atoms with Crippen LogP contribution >= 0.6 is 0 Å². The number of carbonyl (C=O) groups excluding carboxylic acids is 1. The lowest BCUT2D eigenvalue weighted by atomic mass is 9.85. The van der Waals surface area contributed by atoms with Crippen LogP contribution in [0.3, 0.4) is 0 Å². The van der Waals surface area contributed by atoms with Gasteiger partial charge in [-0.15, -0.1) is 0 Å². The van der Waals surface area contributed by atoms with Gasteiger partial charge in [-0.1, -0.05) is 13.0 Å². The molecule has 1 aromatic rings. The molecule has 1 amide bonds. The van der Waals surface area contributed by atoms with Gasteiger partial charge in [0.2, 0.25) is 0 Å². The summed E-state index contributed by atoms with van der Waals surface area (Å²) >= 11 is 0. The predicted molar refractivity (Wildman–Crippen MR) is 80.3 cm³/mol. The van der Waals surface area contributed by atoms with Gasteiger partial charge >= 0.3 is 5.97 Å². The number of rotatable bonds is 6. The molecule has 1 aliphatic carbocycles. The third-order valence-corrected chi connectivity index (χ3v) is 4.22. The number of amides is 1. The number of benzene rings is 1. The van der Waals surface area contributed by atoms with Crippen molar-refractivity contribution in [1.82, 2.24) is 10.2 Å². The van der Waals surface area contributed by atoms with Crippen LogP contribution in [0.1, 0.15) is 35.7 Å². The van der Waals surface area contributed by atoms with Crippen molar-refractivity contribution < 1.29 is 19.1 Å². The Morgan fingerprint density at radius 3 is 2.68 bits per heavy atom. The minimum absolute atomic E-state index is 0.0167. The molecule has 0 aliphatic heterocycles. The maximum Gasteiger partial charge on any atom is 0.317 e. The Bertz CT molecular complexity index is 571. The number of likely N-dealkylation sites (N-methyl/N-ethyl adjacent to an activating group) is 1. The number of carboxylic acids is 1. The number of hydrogen-bond donors (Lipinski definition) is 2. The minimum Gasteiger partial charge on any atom is -0.480 e. The van der Waals surface area contributed by atoms with Crippen LogP contribution in [-0.2, 0) is 4.79 Å². The Labute approximate surface area is 129 Å². The zero-order chi connectivity index (χ0) is 16.3. The summed E-state index contributed by atoms with van der Waals surface area (Å²) in [7, 11) is 0. The molecule has 0 atom stereocenters. The quantitative estimate of drug-likeness (QED) is 0.841. The number of carboxylic acid groups (broad SMARTS) is 1. The summed E-state index contributed by atoms with van der Waals surface area (Å²) in [6.45, 7) is 4.19. The summed E-state index contributed by atoms with van der Waals surface area (Å²) in [5.41, 5.74) is 0.693. The van der Waals surface area contributed by atoms with Gasteiger partial charge in [0.1, 0.15) is 5.82 Å². The molecule has 1 aromatic carbocycles. The van der Waals surface area contributed by atoms with Gasteiger partial charge in [0.05, 0.1) is 6.54 Å². The maximum atomic E-state index is 13.5. The fourth-order valence-electron chi connectivity index (χ4n) is 2.79. The van der Waals surface area contributed by atoms with E-state index in [1.165, 1.54) is 12.1 Å². The van der Waals surface area contributed by atoms with Crippen molar-refractivity contribution in [3.05, 3.63) is 35.1 Å². The largest absolute Gasteiger partial charge is 0.480 e. The molecule has 0 saturated heterocycles. The van der Waals surface area contributed by atoms with Crippen LogP contribution in [0.15, 0.2) is 18.2 Å². The first-order chi connectivity index (χ1) is 10.4. The molecule has 120 valence electrons. The van der Waals surface area contributed by atoms with Gasteiger partial charge < -0.3 is 10.4 Å². The number of nitrogens with one attached hydrogen (secondary N) is 1. The first-order valence-electron chi connectivity index (χ1n) is 7.44. The highest BCUT2D eigenvalue weighted by atomic mass is 19.1. The Balaban J connectivity index is 1.88. The highest BCUT2D eigenvalue weighted by Crippen LogP contribution is 2.26. The molecule has 1 aliphatic rings. The summed E-state index contributed by atoms with van der Waals surface area (Å²) in [5, 5.41) is 11.7. The van der Waals surface area contributed by atoms with Crippen molar-refractivity contribution in [2.45, 2.75) is 38.8 Å². The third kappa shape index (κ3) is 3.62. The molecule has 0 heterocycles. The Morgan fingerprint density at radius 2 is 2.09 bits per heavy atom. The normalized spacial score (nSPS) is 20.5. The van der Waals surface area contributed by atoms with Crippen LogP contribution in [0.5, 0.6) is 0 Å². The van der Waals surface area contributed by atoms with Crippen LogP contribution in [-0.4, -0.2) is 47.1 Å². The third-order valence-electron chi connectivity index (χ3n) is 4.22. The number of carbonyl (C=O) groups is 2. The van der Waals surface area contributed by atoms with Crippen LogP contribution in [0, 0.1) is 12.7 Å². The number of aliphatic carboxylic acids is 1. The second kappa shape index (κ2) is 6.87. The van der Waals surface area contributed by atoms with E-state index in [0.29, 0.717) is 17.7 Å². The van der Waals surface area contributed by atoms with Gasteiger partial charge in [-0.2, -0.15) is 0 Å². The molecule has 6 heteroatoms. The second-order valence-corrected chi connectivity index (χ2v) is 5.66. The SMILES string of the molecule is CCN(CC(=O)O)C1CC(NC(=O)c2cccc(F)c2C)C1. The summed E-state index contributed by atoms with van der Waals surface area (Å²) < 4.78 is 13.5. The van der Waals surface area contributed by atoms with Crippen LogP contribution < -0.4 is 5.32 Å². The molecule has 0 bridgehead atoms. The smallest absolute Gasteiger partial charge is 0.317 e. The van der Waals surface area contributed by atoms with Crippen molar-refractivity contribution in [1.29, 1.82) is 0 Å². The van der Waals surface area contributed by atoms with E-state index >= 15 is 0 Å². The molecular formula is C16H21FN2O3. The van der Waals surface area contributed by atoms with Crippen LogP contribution in [0.25, 0.3) is 0 Å². The summed E-state index contributed by atoms with van der Waals surface area (Å²) in [6.07, 6.45) is 1.45. The molecule has 0 radical (unpaired) electrons. The topological polar surface area (TPSA) is 69.6 Å². The highest BCUT2D eigenvalue weighted by molar-refractivity contribution is 5.95. The number of nitrogens with zero attached hydrogens (tertiary/aromatic N) is 1. The average Bonchev–Trinajstić information content (AvgIpc) is 2.42. The molecule has 0 spiro atoms. The first-order valence-corrected chi connectivity index (χ1v) is 7.44. The van der Waals surface area contributed by atoms with Gasteiger partial charge in [-0.25, -0.2) is 4.39 Å². The fraction of sp³-hybridized carbons (Fsp3) is 0.500. The molecule has 0 aromatic heterocycles. The van der Waals surface area contributed by atoms with Gasteiger partial charge in [-0.05, 0) is 44.0 Å². The van der Waals surface area contributed by atoms with E-state index < -0.39 is 11.8 Å². The lowest BCUT2D eigenvalue weighted by Gasteiger charge is -2.42. The van der Waals surface area contributed by atoms with Gasteiger partial charge in [-0.3, -0.25) is 14.5 Å². The number of hydrogen-bond acceptors (Lipinski definition) is 3. The van der Waals surface area contributed by atoms with Gasteiger partial charge in [0.15, 0.2) is 0 Å². The Hall–Kier alpha value is -1.95. The lowest BCUT2D eigenvalue weighted by molar-refractivity contribution is -0.139. The van der Waals surface area contributed by atoms with E-state index in [1.54, 1.807) is 13.0 Å². The average molecular weight is 308 g/mol. The van der Waals surface area contributed by atoms with E-state index in [9.17, 15) is 14.0 Å². The zero-order valence-corrected chi connectivity index (χ0v) is 12.8. The van der Waals surface area contributed by atoms with E-state index in [1.807, 2.05) is 11.8 Å². The van der Waals surface area contributed by atoms with Crippen molar-refractivity contribution in [3.63, 3.8) is 0 Å². The minimum atomic E-state index is -0.843. The summed E-state index contributed by atoms with van der Waals surface area (Å²) in [6, 6.07) is 4.65. The van der Waals surface area contributed by atoms with Crippen LogP contribution in [0.2, 0.25) is 0 Å². The second-order valence-electron chi connectivity index (χ2n) is 5.66. The van der Waals surface area contributed by atoms with Crippen molar-refractivity contribution >= 4 is 11.9 Å². The van der Waals surface area contributed by atoms with Crippen molar-refractivity contribution in [2.75, 3.05) is 13.1 Å². The standard InChI is InChI=1S/C16H21FN2O3/c1-3-19(9-15(20)21)12-7-11(8-12)18-16(22)13-5-4-6-14(17)10(13)2/h4-6,11-12H,3,7-9H2,1-2H3,(H,18,22)(H,20,21).